The Balaban J connectivity index is 2.12. The van der Waals surface area contributed by atoms with E-state index >= 15 is 0 Å². The third-order valence-corrected chi connectivity index (χ3v) is 4.88. The predicted octanol–water partition coefficient (Wildman–Crippen LogP) is 4.13. The van der Waals surface area contributed by atoms with Gasteiger partial charge in [0.15, 0.2) is 0 Å². The summed E-state index contributed by atoms with van der Waals surface area (Å²) < 4.78 is 0. The second kappa shape index (κ2) is 5.88. The molecule has 0 saturated heterocycles. The van der Waals surface area contributed by atoms with E-state index in [0.717, 1.165) is 5.92 Å². The summed E-state index contributed by atoms with van der Waals surface area (Å²) in [6, 6.07) is 11.7. The Morgan fingerprint density at radius 2 is 1.72 bits per heavy atom. The average Bonchev–Trinajstić information content (AvgIpc) is 3.23. The van der Waals surface area contributed by atoms with Crippen LogP contribution in [0.25, 0.3) is 0 Å². The third kappa shape index (κ3) is 2.61. The zero-order valence-corrected chi connectivity index (χ0v) is 12.1. The Hall–Kier alpha value is -0.820. The molecule has 0 heterocycles. The van der Waals surface area contributed by atoms with Crippen LogP contribution in [0.4, 0.5) is 0 Å². The van der Waals surface area contributed by atoms with E-state index in [4.69, 9.17) is 0 Å². The lowest BCUT2D eigenvalue weighted by atomic mass is 9.81. The van der Waals surface area contributed by atoms with Gasteiger partial charge in [0.05, 0.1) is 0 Å². The maximum absolute atomic E-state index is 3.60. The Kier molecular flexibility index (Phi) is 4.45. The van der Waals surface area contributed by atoms with Crippen molar-refractivity contribution in [2.75, 3.05) is 7.05 Å². The first kappa shape index (κ1) is 13.6. The second-order valence-electron chi connectivity index (χ2n) is 5.78. The molecule has 1 unspecified atom stereocenters. The van der Waals surface area contributed by atoms with E-state index in [0.29, 0.717) is 11.5 Å². The van der Waals surface area contributed by atoms with Crippen LogP contribution in [-0.2, 0) is 5.41 Å². The van der Waals surface area contributed by atoms with E-state index in [-0.39, 0.29) is 0 Å². The summed E-state index contributed by atoms with van der Waals surface area (Å²) in [5.41, 5.74) is 1.97. The predicted molar refractivity (Wildman–Crippen MR) is 78.9 cm³/mol. The van der Waals surface area contributed by atoms with Crippen LogP contribution in [0, 0.1) is 5.92 Å². The summed E-state index contributed by atoms with van der Waals surface area (Å²) in [5, 5.41) is 3.60. The minimum absolute atomic E-state index is 0.429. The molecule has 0 radical (unpaired) electrons. The molecule has 100 valence electrons. The lowest BCUT2D eigenvalue weighted by Crippen LogP contribution is -2.39. The summed E-state index contributed by atoms with van der Waals surface area (Å²) in [7, 11) is 2.13. The minimum atomic E-state index is 0.429. The minimum Gasteiger partial charge on any atom is -0.316 e. The average molecular weight is 245 g/mol. The van der Waals surface area contributed by atoms with Crippen molar-refractivity contribution in [2.24, 2.45) is 5.92 Å². The van der Waals surface area contributed by atoms with Gasteiger partial charge in [-0.25, -0.2) is 0 Å². The molecule has 1 nitrogen and oxygen atoms in total. The molecule has 0 aliphatic heterocycles. The fraction of sp³-hybridized carbons (Fsp3) is 0.647. The Morgan fingerprint density at radius 3 is 2.17 bits per heavy atom. The standard InChI is InChI=1S/C17H27N/c1-4-14(5-2)13-16(18-3)17(11-12-17)15-9-7-6-8-10-15/h6-10,14,16,18H,4-5,11-13H2,1-3H3. The van der Waals surface area contributed by atoms with E-state index in [1.165, 1.54) is 37.7 Å². The zero-order chi connectivity index (χ0) is 13.0. The van der Waals surface area contributed by atoms with Crippen molar-refractivity contribution in [2.45, 2.75) is 57.4 Å². The molecule has 2 rings (SSSR count). The van der Waals surface area contributed by atoms with E-state index in [1.54, 1.807) is 0 Å². The molecule has 0 aromatic heterocycles. The highest BCUT2D eigenvalue weighted by molar-refractivity contribution is 5.33. The maximum Gasteiger partial charge on any atom is 0.0164 e. The van der Waals surface area contributed by atoms with Gasteiger partial charge in [-0.05, 0) is 37.8 Å². The first-order valence-electron chi connectivity index (χ1n) is 7.49. The maximum atomic E-state index is 3.60. The second-order valence-corrected chi connectivity index (χ2v) is 5.78. The molecular formula is C17H27N. The fourth-order valence-electron chi connectivity index (χ4n) is 3.32. The van der Waals surface area contributed by atoms with Crippen molar-refractivity contribution in [1.82, 2.24) is 5.32 Å². The monoisotopic (exact) mass is 245 g/mol. The number of benzene rings is 1. The van der Waals surface area contributed by atoms with E-state index in [1.807, 2.05) is 0 Å². The largest absolute Gasteiger partial charge is 0.316 e. The van der Waals surface area contributed by atoms with Crippen LogP contribution in [0.15, 0.2) is 30.3 Å². The highest BCUT2D eigenvalue weighted by Gasteiger charge is 2.50. The van der Waals surface area contributed by atoms with Gasteiger partial charge in [0.25, 0.3) is 0 Å². The normalized spacial score (nSPS) is 18.9. The van der Waals surface area contributed by atoms with E-state index in [2.05, 4.69) is 56.5 Å². The summed E-state index contributed by atoms with van der Waals surface area (Å²) in [6.45, 7) is 4.64. The number of hydrogen-bond acceptors (Lipinski definition) is 1. The van der Waals surface area contributed by atoms with Gasteiger partial charge in [0, 0.05) is 11.5 Å². The topological polar surface area (TPSA) is 12.0 Å². The van der Waals surface area contributed by atoms with Gasteiger partial charge in [-0.3, -0.25) is 0 Å². The first-order chi connectivity index (χ1) is 8.76. The molecule has 1 fully saturated rings. The molecule has 1 saturated carbocycles. The highest BCUT2D eigenvalue weighted by Crippen LogP contribution is 2.52. The van der Waals surface area contributed by atoms with Crippen LogP contribution in [0.1, 0.15) is 51.5 Å². The molecule has 0 amide bonds. The summed E-state index contributed by atoms with van der Waals surface area (Å²) >= 11 is 0. The third-order valence-electron chi connectivity index (χ3n) is 4.88. The van der Waals surface area contributed by atoms with Crippen molar-refractivity contribution in [3.63, 3.8) is 0 Å². The highest BCUT2D eigenvalue weighted by atomic mass is 14.9. The Morgan fingerprint density at radius 1 is 1.11 bits per heavy atom. The quantitative estimate of drug-likeness (QED) is 0.761. The SMILES string of the molecule is CCC(CC)CC(NC)C1(c2ccccc2)CC1. The smallest absolute Gasteiger partial charge is 0.0164 e. The number of rotatable bonds is 7. The van der Waals surface area contributed by atoms with Crippen molar-refractivity contribution < 1.29 is 0 Å². The first-order valence-corrected chi connectivity index (χ1v) is 7.49. The molecule has 0 bridgehead atoms. The molecule has 1 heteroatoms. The van der Waals surface area contributed by atoms with Crippen LogP contribution in [-0.4, -0.2) is 13.1 Å². The van der Waals surface area contributed by atoms with E-state index in [9.17, 15) is 0 Å². The zero-order valence-electron chi connectivity index (χ0n) is 12.1. The van der Waals surface area contributed by atoms with Gasteiger partial charge in [-0.1, -0.05) is 57.0 Å². The molecule has 1 aromatic rings. The van der Waals surface area contributed by atoms with Crippen LogP contribution in [0.2, 0.25) is 0 Å². The molecule has 1 aliphatic rings. The van der Waals surface area contributed by atoms with Crippen molar-refractivity contribution in [3.05, 3.63) is 35.9 Å². The van der Waals surface area contributed by atoms with Gasteiger partial charge in [-0.15, -0.1) is 0 Å². The Bertz CT molecular complexity index is 349. The molecular weight excluding hydrogens is 218 g/mol. The summed E-state index contributed by atoms with van der Waals surface area (Å²) in [4.78, 5) is 0. The number of likely N-dealkylation sites (N-methyl/N-ethyl adjacent to an activating group) is 1. The van der Waals surface area contributed by atoms with Crippen LogP contribution in [0.3, 0.4) is 0 Å². The number of hydrogen-bond donors (Lipinski definition) is 1. The Labute approximate surface area is 112 Å². The van der Waals surface area contributed by atoms with Crippen molar-refractivity contribution in [1.29, 1.82) is 0 Å². The van der Waals surface area contributed by atoms with Gasteiger partial charge in [0.2, 0.25) is 0 Å². The number of nitrogens with one attached hydrogen (secondary N) is 1. The fourth-order valence-corrected chi connectivity index (χ4v) is 3.32. The summed E-state index contributed by atoms with van der Waals surface area (Å²) in [6.07, 6.45) is 6.63. The van der Waals surface area contributed by atoms with Crippen LogP contribution >= 0.6 is 0 Å². The molecule has 1 atom stereocenters. The van der Waals surface area contributed by atoms with Gasteiger partial charge in [-0.2, -0.15) is 0 Å². The van der Waals surface area contributed by atoms with Gasteiger partial charge < -0.3 is 5.32 Å². The molecule has 1 aliphatic carbocycles. The van der Waals surface area contributed by atoms with E-state index < -0.39 is 0 Å². The molecule has 1 N–H and O–H groups in total. The molecule has 0 spiro atoms. The lowest BCUT2D eigenvalue weighted by molar-refractivity contribution is 0.330. The van der Waals surface area contributed by atoms with Gasteiger partial charge in [0.1, 0.15) is 0 Å². The van der Waals surface area contributed by atoms with Crippen molar-refractivity contribution >= 4 is 0 Å². The molecule has 18 heavy (non-hydrogen) atoms. The van der Waals surface area contributed by atoms with Crippen molar-refractivity contribution in [3.8, 4) is 0 Å². The van der Waals surface area contributed by atoms with Crippen LogP contribution < -0.4 is 5.32 Å². The lowest BCUT2D eigenvalue weighted by Gasteiger charge is -2.30. The van der Waals surface area contributed by atoms with Crippen LogP contribution in [0.5, 0.6) is 0 Å². The van der Waals surface area contributed by atoms with Gasteiger partial charge >= 0.3 is 0 Å². The summed E-state index contributed by atoms with van der Waals surface area (Å²) in [5.74, 6) is 0.864. The molecule has 1 aromatic carbocycles.